The number of amides is 1. The number of aromatic hydroxyl groups is 1. The number of rotatable bonds is 6. The van der Waals surface area contributed by atoms with E-state index in [1.165, 1.54) is 25.5 Å². The van der Waals surface area contributed by atoms with Crippen molar-refractivity contribution in [2.75, 3.05) is 13.7 Å². The van der Waals surface area contributed by atoms with Gasteiger partial charge in [-0.2, -0.15) is 5.10 Å². The molecule has 2 rings (SSSR count). The van der Waals surface area contributed by atoms with Gasteiger partial charge in [0.05, 0.1) is 13.3 Å². The lowest BCUT2D eigenvalue weighted by Gasteiger charge is -2.08. The first-order valence-corrected chi connectivity index (χ1v) is 7.87. The summed E-state index contributed by atoms with van der Waals surface area (Å²) in [5.74, 6) is 0.289. The lowest BCUT2D eigenvalue weighted by molar-refractivity contribution is -0.123. The molecule has 2 aromatic rings. The molecular formula is C18H19ClN2O4. The molecule has 0 aliphatic heterocycles. The second kappa shape index (κ2) is 8.39. The first-order chi connectivity index (χ1) is 11.9. The zero-order chi connectivity index (χ0) is 18.4. The van der Waals surface area contributed by atoms with E-state index in [9.17, 15) is 9.90 Å². The number of carbonyl (C=O) groups excluding carboxylic acids is 1. The molecule has 0 radical (unpaired) electrons. The van der Waals surface area contributed by atoms with Crippen LogP contribution >= 0.6 is 11.6 Å². The molecule has 2 aromatic carbocycles. The number of phenolic OH excluding ortho intramolecular Hbond substituents is 1. The molecule has 0 heterocycles. The number of benzene rings is 2. The molecular weight excluding hydrogens is 344 g/mol. The van der Waals surface area contributed by atoms with Gasteiger partial charge in [-0.1, -0.05) is 17.7 Å². The van der Waals surface area contributed by atoms with Crippen molar-refractivity contribution < 1.29 is 19.4 Å². The molecule has 0 saturated heterocycles. The lowest BCUT2D eigenvalue weighted by Crippen LogP contribution is -2.24. The summed E-state index contributed by atoms with van der Waals surface area (Å²) in [5.41, 5.74) is 4.88. The summed E-state index contributed by atoms with van der Waals surface area (Å²) < 4.78 is 10.4. The van der Waals surface area contributed by atoms with Gasteiger partial charge in [0.1, 0.15) is 5.75 Å². The molecule has 132 valence electrons. The van der Waals surface area contributed by atoms with Crippen LogP contribution in [0.15, 0.2) is 35.4 Å². The Kier molecular flexibility index (Phi) is 6.25. The molecule has 0 aromatic heterocycles. The number of methoxy groups -OCH3 is 1. The van der Waals surface area contributed by atoms with Crippen molar-refractivity contribution >= 4 is 23.7 Å². The van der Waals surface area contributed by atoms with E-state index >= 15 is 0 Å². The zero-order valence-electron chi connectivity index (χ0n) is 14.2. The highest BCUT2D eigenvalue weighted by molar-refractivity contribution is 6.31. The van der Waals surface area contributed by atoms with Gasteiger partial charge in [-0.15, -0.1) is 0 Å². The van der Waals surface area contributed by atoms with E-state index in [4.69, 9.17) is 21.1 Å². The van der Waals surface area contributed by atoms with Gasteiger partial charge < -0.3 is 14.6 Å². The number of hydrogen-bond donors (Lipinski definition) is 2. The van der Waals surface area contributed by atoms with Crippen LogP contribution in [0.2, 0.25) is 5.02 Å². The number of phenols is 1. The van der Waals surface area contributed by atoms with Crippen LogP contribution in [0.1, 0.15) is 16.7 Å². The predicted molar refractivity (Wildman–Crippen MR) is 96.8 cm³/mol. The maximum atomic E-state index is 11.8. The van der Waals surface area contributed by atoms with Crippen molar-refractivity contribution in [2.24, 2.45) is 5.10 Å². The Hall–Kier alpha value is -2.73. The Bertz CT molecular complexity index is 806. The normalized spacial score (nSPS) is 10.7. The third kappa shape index (κ3) is 5.12. The van der Waals surface area contributed by atoms with E-state index in [0.717, 1.165) is 11.1 Å². The summed E-state index contributed by atoms with van der Waals surface area (Å²) in [5, 5.41) is 14.1. The van der Waals surface area contributed by atoms with Gasteiger partial charge in [-0.3, -0.25) is 4.79 Å². The summed E-state index contributed by atoms with van der Waals surface area (Å²) in [7, 11) is 1.41. The molecule has 0 aliphatic rings. The van der Waals surface area contributed by atoms with Crippen LogP contribution in [-0.4, -0.2) is 30.9 Å². The number of ether oxygens (including phenoxy) is 2. The van der Waals surface area contributed by atoms with Crippen LogP contribution in [0.3, 0.4) is 0 Å². The molecule has 7 heteroatoms. The average molecular weight is 363 g/mol. The fourth-order valence-electron chi connectivity index (χ4n) is 2.01. The molecule has 0 spiro atoms. The highest BCUT2D eigenvalue weighted by atomic mass is 35.5. The fourth-order valence-corrected chi connectivity index (χ4v) is 2.22. The van der Waals surface area contributed by atoms with E-state index < -0.39 is 5.91 Å². The molecule has 0 aliphatic carbocycles. The quantitative estimate of drug-likeness (QED) is 0.611. The fraction of sp³-hybridized carbons (Fsp3) is 0.222. The number of nitrogens with one attached hydrogen (secondary N) is 1. The van der Waals surface area contributed by atoms with Gasteiger partial charge in [0.2, 0.25) is 0 Å². The third-order valence-corrected chi connectivity index (χ3v) is 3.75. The van der Waals surface area contributed by atoms with E-state index in [2.05, 4.69) is 10.5 Å². The summed E-state index contributed by atoms with van der Waals surface area (Å²) in [4.78, 5) is 11.8. The Morgan fingerprint density at radius 3 is 2.72 bits per heavy atom. The van der Waals surface area contributed by atoms with Gasteiger partial charge >= 0.3 is 0 Å². The van der Waals surface area contributed by atoms with Crippen LogP contribution in [0.5, 0.6) is 17.2 Å². The Balaban J connectivity index is 1.92. The van der Waals surface area contributed by atoms with E-state index in [0.29, 0.717) is 16.3 Å². The van der Waals surface area contributed by atoms with E-state index in [-0.39, 0.29) is 18.1 Å². The van der Waals surface area contributed by atoms with Gasteiger partial charge in [0, 0.05) is 16.7 Å². The van der Waals surface area contributed by atoms with Crippen molar-refractivity contribution in [3.63, 3.8) is 0 Å². The number of carbonyl (C=O) groups is 1. The molecule has 25 heavy (non-hydrogen) atoms. The molecule has 0 atom stereocenters. The first kappa shape index (κ1) is 18.6. The molecule has 0 bridgehead atoms. The summed E-state index contributed by atoms with van der Waals surface area (Å²) in [6.45, 7) is 3.80. The summed E-state index contributed by atoms with van der Waals surface area (Å²) in [6, 6.07) is 8.57. The average Bonchev–Trinajstić information content (AvgIpc) is 2.58. The minimum absolute atomic E-state index is 0.115. The Morgan fingerprint density at radius 2 is 2.04 bits per heavy atom. The number of nitrogens with zero attached hydrogens (tertiary/aromatic N) is 1. The lowest BCUT2D eigenvalue weighted by atomic mass is 10.1. The standard InChI is InChI=1S/C18H19ClN2O4/c1-11-4-5-15(6-12(11)2)25-10-17(22)21-20-9-13-7-14(19)8-16(24-3)18(13)23/h4-9,23H,10H2,1-3H3,(H,21,22)/b20-9+. The monoisotopic (exact) mass is 362 g/mol. The van der Waals surface area contributed by atoms with Crippen molar-refractivity contribution in [1.29, 1.82) is 0 Å². The minimum Gasteiger partial charge on any atom is -0.504 e. The third-order valence-electron chi connectivity index (χ3n) is 3.53. The first-order valence-electron chi connectivity index (χ1n) is 7.49. The molecule has 0 fully saturated rings. The van der Waals surface area contributed by atoms with Crippen molar-refractivity contribution in [1.82, 2.24) is 5.43 Å². The van der Waals surface area contributed by atoms with E-state index in [1.54, 1.807) is 6.07 Å². The highest BCUT2D eigenvalue weighted by Gasteiger charge is 2.08. The van der Waals surface area contributed by atoms with Crippen LogP contribution < -0.4 is 14.9 Å². The molecule has 0 saturated carbocycles. The molecule has 0 unspecified atom stereocenters. The van der Waals surface area contributed by atoms with Crippen LogP contribution in [-0.2, 0) is 4.79 Å². The van der Waals surface area contributed by atoms with Crippen LogP contribution in [0.25, 0.3) is 0 Å². The number of hydrogen-bond acceptors (Lipinski definition) is 5. The maximum Gasteiger partial charge on any atom is 0.277 e. The van der Waals surface area contributed by atoms with Crippen LogP contribution in [0, 0.1) is 13.8 Å². The van der Waals surface area contributed by atoms with Gasteiger partial charge in [-0.25, -0.2) is 5.43 Å². The number of aryl methyl sites for hydroxylation is 2. The minimum atomic E-state index is -0.428. The molecule has 6 nitrogen and oxygen atoms in total. The zero-order valence-corrected chi connectivity index (χ0v) is 14.9. The van der Waals surface area contributed by atoms with Crippen molar-refractivity contribution in [3.8, 4) is 17.2 Å². The second-order valence-corrected chi connectivity index (χ2v) is 5.81. The van der Waals surface area contributed by atoms with Crippen LogP contribution in [0.4, 0.5) is 0 Å². The van der Waals surface area contributed by atoms with E-state index in [1.807, 2.05) is 26.0 Å². The van der Waals surface area contributed by atoms with Gasteiger partial charge in [0.25, 0.3) is 5.91 Å². The van der Waals surface area contributed by atoms with Crippen molar-refractivity contribution in [3.05, 3.63) is 52.0 Å². The highest BCUT2D eigenvalue weighted by Crippen LogP contribution is 2.32. The SMILES string of the molecule is COc1cc(Cl)cc(/C=N/NC(=O)COc2ccc(C)c(C)c2)c1O. The number of halogens is 1. The predicted octanol–water partition coefficient (Wildman–Crippen LogP) is 3.20. The van der Waals surface area contributed by atoms with Crippen molar-refractivity contribution in [2.45, 2.75) is 13.8 Å². The Labute approximate surface area is 151 Å². The molecule has 2 N–H and O–H groups in total. The molecule has 1 amide bonds. The second-order valence-electron chi connectivity index (χ2n) is 5.37. The maximum absolute atomic E-state index is 11.8. The number of hydrazone groups is 1. The topological polar surface area (TPSA) is 80.2 Å². The largest absolute Gasteiger partial charge is 0.504 e. The summed E-state index contributed by atoms with van der Waals surface area (Å²) >= 11 is 5.92. The van der Waals surface area contributed by atoms with Gasteiger partial charge in [0.15, 0.2) is 18.1 Å². The summed E-state index contributed by atoms with van der Waals surface area (Å²) in [6.07, 6.45) is 1.28. The van der Waals surface area contributed by atoms with Gasteiger partial charge in [-0.05, 0) is 43.2 Å². The smallest absolute Gasteiger partial charge is 0.277 e. The Morgan fingerprint density at radius 1 is 1.28 bits per heavy atom.